The van der Waals surface area contributed by atoms with Gasteiger partial charge in [-0.3, -0.25) is 10.2 Å². The van der Waals surface area contributed by atoms with E-state index in [1.165, 1.54) is 23.1 Å². The van der Waals surface area contributed by atoms with Gasteiger partial charge in [-0.15, -0.1) is 11.3 Å². The minimum absolute atomic E-state index is 0.0251. The molecule has 0 radical (unpaired) electrons. The van der Waals surface area contributed by atoms with Crippen molar-refractivity contribution >= 4 is 50.8 Å². The summed E-state index contributed by atoms with van der Waals surface area (Å²) in [7, 11) is 0. The Kier molecular flexibility index (Phi) is 3.59. The summed E-state index contributed by atoms with van der Waals surface area (Å²) >= 11 is 2.67. The molecule has 0 saturated carbocycles. The van der Waals surface area contributed by atoms with Crippen LogP contribution in [-0.4, -0.2) is 15.8 Å². The summed E-state index contributed by atoms with van der Waals surface area (Å²) < 4.78 is 0. The second kappa shape index (κ2) is 5.76. The Bertz CT molecular complexity index is 939. The van der Waals surface area contributed by atoms with Gasteiger partial charge in [-0.25, -0.2) is 4.98 Å². The monoisotopic (exact) mass is 336 g/mol. The Hall–Kier alpha value is -2.24. The number of nitrogens with one attached hydrogen (secondary N) is 1. The Morgan fingerprint density at radius 2 is 1.96 bits per heavy atom. The number of carbonyl (C=O) groups excluding carboxylic acids is 1. The molecule has 23 heavy (non-hydrogen) atoms. The number of fused-ring (bicyclic) bond motifs is 1. The van der Waals surface area contributed by atoms with Crippen molar-refractivity contribution < 1.29 is 4.79 Å². The number of carbonyl (C=O) groups is 1. The van der Waals surface area contributed by atoms with E-state index in [0.717, 1.165) is 16.3 Å². The number of nitrogens with zero attached hydrogens (tertiary/aromatic N) is 1. The number of hydrogen-bond donors (Lipinski definition) is 1. The van der Waals surface area contributed by atoms with Crippen molar-refractivity contribution in [2.24, 2.45) is 0 Å². The molecule has 5 heteroatoms. The third-order valence-corrected chi connectivity index (χ3v) is 5.63. The van der Waals surface area contributed by atoms with Crippen LogP contribution in [0.4, 0.5) is 0 Å². The third-order valence-electron chi connectivity index (χ3n) is 3.80. The van der Waals surface area contributed by atoms with Crippen molar-refractivity contribution in [1.82, 2.24) is 4.98 Å². The van der Waals surface area contributed by atoms with Gasteiger partial charge in [-0.05, 0) is 22.4 Å². The normalized spacial score (nSPS) is 19.8. The predicted molar refractivity (Wildman–Crippen MR) is 97.1 cm³/mol. The van der Waals surface area contributed by atoms with Gasteiger partial charge in [-0.1, -0.05) is 54.2 Å². The second-order valence-electron chi connectivity index (χ2n) is 5.21. The summed E-state index contributed by atoms with van der Waals surface area (Å²) in [4.78, 5) is 17.5. The average molecular weight is 336 g/mol. The molecule has 1 N–H and O–H groups in total. The predicted octanol–water partition coefficient (Wildman–Crippen LogP) is 4.71. The van der Waals surface area contributed by atoms with Crippen molar-refractivity contribution in [3.05, 3.63) is 69.5 Å². The van der Waals surface area contributed by atoms with Crippen LogP contribution in [0, 0.1) is 5.41 Å². The lowest BCUT2D eigenvalue weighted by Gasteiger charge is -2.03. The molecule has 0 bridgehead atoms. The van der Waals surface area contributed by atoms with Crippen LogP contribution in [0.2, 0.25) is 0 Å². The zero-order valence-corrected chi connectivity index (χ0v) is 13.7. The zero-order valence-electron chi connectivity index (χ0n) is 12.0. The fraction of sp³-hybridized carbons (Fsp3) is 0.0556. The molecule has 1 aromatic heterocycles. The van der Waals surface area contributed by atoms with Crippen LogP contribution >= 0.6 is 23.1 Å². The number of thioether (sulfide) groups is 1. The van der Waals surface area contributed by atoms with Crippen LogP contribution in [0.3, 0.4) is 0 Å². The average Bonchev–Trinajstić information content (AvgIpc) is 3.17. The van der Waals surface area contributed by atoms with Crippen LogP contribution in [0.25, 0.3) is 16.8 Å². The molecule has 3 nitrogen and oxygen atoms in total. The number of rotatable bonds is 2. The van der Waals surface area contributed by atoms with Crippen molar-refractivity contribution in [2.75, 3.05) is 0 Å². The molecule has 0 amide bonds. The van der Waals surface area contributed by atoms with E-state index in [4.69, 9.17) is 5.41 Å². The summed E-state index contributed by atoms with van der Waals surface area (Å²) in [6.45, 7) is 0. The molecule has 1 fully saturated rings. The summed E-state index contributed by atoms with van der Waals surface area (Å²) in [6.07, 6.45) is 3.58. The number of hydrogen-bond acceptors (Lipinski definition) is 5. The van der Waals surface area contributed by atoms with Gasteiger partial charge in [0.1, 0.15) is 10.9 Å². The molecule has 0 spiro atoms. The standard InChI is InChI=1S/C18H12N2OS2/c19-17-15(18-20-8-9-22-18)16(21)14(23-17)10-12-6-3-5-11-4-1-2-7-13(11)12/h1-10,15,19H/b14-10-,19-17?/t15-/m0/s1. The lowest BCUT2D eigenvalue weighted by molar-refractivity contribution is -0.114. The first-order valence-electron chi connectivity index (χ1n) is 7.13. The Labute approximate surface area is 141 Å². The minimum atomic E-state index is -0.527. The molecule has 1 aliphatic heterocycles. The molecule has 0 aliphatic carbocycles. The van der Waals surface area contributed by atoms with E-state index in [1.54, 1.807) is 6.20 Å². The lowest BCUT2D eigenvalue weighted by Crippen LogP contribution is -2.11. The Morgan fingerprint density at radius 3 is 2.78 bits per heavy atom. The summed E-state index contributed by atoms with van der Waals surface area (Å²) in [5.74, 6) is -0.552. The van der Waals surface area contributed by atoms with Gasteiger partial charge in [0.25, 0.3) is 0 Å². The summed E-state index contributed by atoms with van der Waals surface area (Å²) in [5.41, 5.74) is 1.01. The van der Waals surface area contributed by atoms with Gasteiger partial charge in [0.05, 0.1) is 9.95 Å². The fourth-order valence-electron chi connectivity index (χ4n) is 2.71. The molecule has 0 unspecified atom stereocenters. The van der Waals surface area contributed by atoms with E-state index in [9.17, 15) is 4.79 Å². The molecule has 2 heterocycles. The van der Waals surface area contributed by atoms with E-state index in [-0.39, 0.29) is 5.78 Å². The molecule has 4 rings (SSSR count). The smallest absolute Gasteiger partial charge is 0.186 e. The molecule has 2 aromatic carbocycles. The molecule has 3 aromatic rings. The number of thiazole rings is 1. The first kappa shape index (κ1) is 14.4. The summed E-state index contributed by atoms with van der Waals surface area (Å²) in [6, 6.07) is 14.2. The van der Waals surface area contributed by atoms with Gasteiger partial charge in [0, 0.05) is 11.6 Å². The number of benzene rings is 2. The third kappa shape index (κ3) is 2.52. The fourth-order valence-corrected chi connectivity index (χ4v) is 4.50. The SMILES string of the molecule is N=C1S/C(=C\c2cccc3ccccc23)C(=O)[C@@H]1c1nccs1. The molecule has 112 valence electrons. The van der Waals surface area contributed by atoms with Gasteiger partial charge < -0.3 is 0 Å². The van der Waals surface area contributed by atoms with Crippen molar-refractivity contribution in [3.8, 4) is 0 Å². The van der Waals surface area contributed by atoms with Gasteiger partial charge >= 0.3 is 0 Å². The largest absolute Gasteiger partial charge is 0.297 e. The molecule has 1 aliphatic rings. The zero-order chi connectivity index (χ0) is 15.8. The highest BCUT2D eigenvalue weighted by atomic mass is 32.2. The molecular formula is C18H12N2OS2. The van der Waals surface area contributed by atoms with Crippen LogP contribution < -0.4 is 0 Å². The quantitative estimate of drug-likeness (QED) is 0.689. The number of ketones is 1. The highest BCUT2D eigenvalue weighted by molar-refractivity contribution is 8.19. The highest BCUT2D eigenvalue weighted by Gasteiger charge is 2.38. The molecule has 1 atom stereocenters. The number of Topliss-reactive ketones (excluding diaryl/α,β-unsaturated/α-hetero) is 1. The van der Waals surface area contributed by atoms with E-state index >= 15 is 0 Å². The Morgan fingerprint density at radius 1 is 1.13 bits per heavy atom. The van der Waals surface area contributed by atoms with E-state index in [2.05, 4.69) is 23.2 Å². The van der Waals surface area contributed by atoms with E-state index < -0.39 is 5.92 Å². The van der Waals surface area contributed by atoms with E-state index in [0.29, 0.717) is 15.0 Å². The Balaban J connectivity index is 1.77. The van der Waals surface area contributed by atoms with Crippen molar-refractivity contribution in [3.63, 3.8) is 0 Å². The van der Waals surface area contributed by atoms with Crippen LogP contribution in [0.5, 0.6) is 0 Å². The highest BCUT2D eigenvalue weighted by Crippen LogP contribution is 2.41. The topological polar surface area (TPSA) is 53.8 Å². The molecule has 1 saturated heterocycles. The maximum atomic E-state index is 12.7. The van der Waals surface area contributed by atoms with Crippen molar-refractivity contribution in [2.45, 2.75) is 5.92 Å². The molecular weight excluding hydrogens is 324 g/mol. The van der Waals surface area contributed by atoms with Gasteiger partial charge in [0.2, 0.25) is 0 Å². The van der Waals surface area contributed by atoms with Crippen molar-refractivity contribution in [1.29, 1.82) is 5.41 Å². The maximum absolute atomic E-state index is 12.7. The second-order valence-corrected chi connectivity index (χ2v) is 7.22. The van der Waals surface area contributed by atoms with Gasteiger partial charge in [0.15, 0.2) is 5.78 Å². The number of aromatic nitrogens is 1. The van der Waals surface area contributed by atoms with E-state index in [1.807, 2.05) is 35.7 Å². The lowest BCUT2D eigenvalue weighted by atomic mass is 10.0. The minimum Gasteiger partial charge on any atom is -0.297 e. The number of allylic oxidation sites excluding steroid dienone is 1. The van der Waals surface area contributed by atoms with Crippen LogP contribution in [0.1, 0.15) is 16.5 Å². The maximum Gasteiger partial charge on any atom is 0.186 e. The van der Waals surface area contributed by atoms with Crippen LogP contribution in [-0.2, 0) is 4.79 Å². The first-order valence-corrected chi connectivity index (χ1v) is 8.83. The van der Waals surface area contributed by atoms with Gasteiger partial charge in [-0.2, -0.15) is 0 Å². The first-order chi connectivity index (χ1) is 11.2. The summed E-state index contributed by atoms with van der Waals surface area (Å²) in [5, 5.41) is 13.3. The van der Waals surface area contributed by atoms with Crippen LogP contribution in [0.15, 0.2) is 58.9 Å².